The lowest BCUT2D eigenvalue weighted by Gasteiger charge is -1.88. The van der Waals surface area contributed by atoms with E-state index in [0.29, 0.717) is 5.46 Å². The summed E-state index contributed by atoms with van der Waals surface area (Å²) in [6, 6.07) is 1.65. The quantitative estimate of drug-likeness (QED) is 0.351. The van der Waals surface area contributed by atoms with Crippen molar-refractivity contribution in [2.45, 2.75) is 0 Å². The van der Waals surface area contributed by atoms with Crippen molar-refractivity contribution >= 4 is 12.9 Å². The van der Waals surface area contributed by atoms with Crippen LogP contribution in [0.5, 0.6) is 0 Å². The Morgan fingerprint density at radius 1 is 1.67 bits per heavy atom. The highest BCUT2D eigenvalue weighted by atomic mass is 17.5. The Labute approximate surface area is 52.1 Å². The zero-order chi connectivity index (χ0) is 6.53. The second-order valence-corrected chi connectivity index (χ2v) is 1.35. The predicted octanol–water partition coefficient (Wildman–Crippen LogP) is -0.0547. The maximum Gasteiger partial charge on any atom is 0.389 e. The third kappa shape index (κ3) is 1.89. The fourth-order valence-electron chi connectivity index (χ4n) is 0.419. The highest BCUT2D eigenvalue weighted by molar-refractivity contribution is 6.46. The number of furan rings is 1. The first-order valence-electron chi connectivity index (χ1n) is 2.26. The number of hydrogen-bond donors (Lipinski definition) is 1. The van der Waals surface area contributed by atoms with Gasteiger partial charge in [-0.15, -0.1) is 0 Å². The van der Waals surface area contributed by atoms with Crippen LogP contribution in [-0.4, -0.2) is 12.7 Å². The minimum atomic E-state index is 0.684. The summed E-state index contributed by atoms with van der Waals surface area (Å²) < 4.78 is 4.66. The first kappa shape index (κ1) is 6.35. The summed E-state index contributed by atoms with van der Waals surface area (Å²) in [7, 11) is 1.20. The maximum atomic E-state index is 7.68. The van der Waals surface area contributed by atoms with Gasteiger partial charge in [0.15, 0.2) is 0 Å². The Morgan fingerprint density at radius 3 is 3.11 bits per heavy atom. The molecule has 0 atom stereocenters. The Balaban J connectivity index is 2.30. The standard InChI is InChI=1S/C4H4BO4/c6-9-8-5-4-1-2-7-3-4/h1-3,6H. The molecule has 0 saturated heterocycles. The van der Waals surface area contributed by atoms with E-state index in [1.165, 1.54) is 20.0 Å². The van der Waals surface area contributed by atoms with Crippen molar-refractivity contribution in [3.63, 3.8) is 0 Å². The third-order valence-electron chi connectivity index (χ3n) is 0.770. The van der Waals surface area contributed by atoms with E-state index in [2.05, 4.69) is 14.3 Å². The Kier molecular flexibility index (Phi) is 2.32. The highest BCUT2D eigenvalue weighted by Crippen LogP contribution is 1.81. The third-order valence-corrected chi connectivity index (χ3v) is 0.770. The summed E-state index contributed by atoms with van der Waals surface area (Å²) in [4.78, 5) is 4.05. The van der Waals surface area contributed by atoms with Gasteiger partial charge in [0.25, 0.3) is 0 Å². The lowest BCUT2D eigenvalue weighted by Crippen LogP contribution is -2.14. The van der Waals surface area contributed by atoms with Crippen molar-refractivity contribution in [1.82, 2.24) is 0 Å². The summed E-state index contributed by atoms with van der Waals surface area (Å²) >= 11 is 0. The normalized spacial score (nSPS) is 9.44. The van der Waals surface area contributed by atoms with E-state index in [0.717, 1.165) is 0 Å². The van der Waals surface area contributed by atoms with Gasteiger partial charge < -0.3 is 4.42 Å². The molecular formula is C4H4BO4. The van der Waals surface area contributed by atoms with Crippen LogP contribution in [0.1, 0.15) is 0 Å². The summed E-state index contributed by atoms with van der Waals surface area (Å²) in [5, 5.41) is 11.0. The minimum absolute atomic E-state index is 0.684. The van der Waals surface area contributed by atoms with Crippen LogP contribution in [0, 0.1) is 0 Å². The van der Waals surface area contributed by atoms with Crippen molar-refractivity contribution in [3.8, 4) is 0 Å². The molecule has 4 nitrogen and oxygen atoms in total. The summed E-state index contributed by atoms with van der Waals surface area (Å²) in [6.07, 6.45) is 2.92. The molecule has 1 N–H and O–H groups in total. The van der Waals surface area contributed by atoms with Gasteiger partial charge in [0.1, 0.15) is 0 Å². The first-order chi connectivity index (χ1) is 4.43. The average molecular weight is 127 g/mol. The molecule has 0 unspecified atom stereocenters. The molecule has 0 amide bonds. The summed E-state index contributed by atoms with van der Waals surface area (Å²) in [5.74, 6) is 0. The van der Waals surface area contributed by atoms with Gasteiger partial charge in [0.05, 0.1) is 12.5 Å². The van der Waals surface area contributed by atoms with Crippen LogP contribution >= 0.6 is 0 Å². The van der Waals surface area contributed by atoms with Crippen LogP contribution in [0.4, 0.5) is 0 Å². The molecule has 0 aliphatic rings. The molecule has 0 spiro atoms. The SMILES string of the molecule is OOO[B]c1ccoc1. The van der Waals surface area contributed by atoms with Crippen LogP contribution in [0.2, 0.25) is 0 Å². The van der Waals surface area contributed by atoms with E-state index < -0.39 is 0 Å². The fourth-order valence-corrected chi connectivity index (χ4v) is 0.419. The molecule has 5 heteroatoms. The molecule has 1 radical (unpaired) electrons. The van der Waals surface area contributed by atoms with Gasteiger partial charge in [-0.3, -0.25) is 4.81 Å². The maximum absolute atomic E-state index is 7.68. The number of rotatable bonds is 3. The molecule has 9 heavy (non-hydrogen) atoms. The average Bonchev–Trinajstić information content (AvgIpc) is 2.34. The van der Waals surface area contributed by atoms with Crippen molar-refractivity contribution in [2.24, 2.45) is 0 Å². The van der Waals surface area contributed by atoms with Crippen LogP contribution in [0.3, 0.4) is 0 Å². The predicted molar refractivity (Wildman–Crippen MR) is 28.9 cm³/mol. The van der Waals surface area contributed by atoms with Crippen LogP contribution in [0.15, 0.2) is 23.0 Å². The topological polar surface area (TPSA) is 51.8 Å². The lowest BCUT2D eigenvalue weighted by molar-refractivity contribution is -0.441. The summed E-state index contributed by atoms with van der Waals surface area (Å²) in [6.45, 7) is 0. The molecule has 0 fully saturated rings. The van der Waals surface area contributed by atoms with Gasteiger partial charge >= 0.3 is 7.48 Å². The lowest BCUT2D eigenvalue weighted by atomic mass is 9.92. The summed E-state index contributed by atoms with van der Waals surface area (Å²) in [5.41, 5.74) is 0.684. The zero-order valence-electron chi connectivity index (χ0n) is 4.48. The van der Waals surface area contributed by atoms with Crippen LogP contribution in [-0.2, 0) is 9.84 Å². The van der Waals surface area contributed by atoms with Gasteiger partial charge in [-0.1, -0.05) is 5.04 Å². The molecule has 1 heterocycles. The van der Waals surface area contributed by atoms with Gasteiger partial charge in [0.2, 0.25) is 0 Å². The molecule has 0 aliphatic heterocycles. The largest absolute Gasteiger partial charge is 0.473 e. The molecule has 0 aliphatic carbocycles. The van der Waals surface area contributed by atoms with Crippen molar-refractivity contribution in [3.05, 3.63) is 18.6 Å². The van der Waals surface area contributed by atoms with E-state index in [9.17, 15) is 0 Å². The van der Waals surface area contributed by atoms with Gasteiger partial charge in [-0.25, -0.2) is 5.26 Å². The fraction of sp³-hybridized carbons (Fsp3) is 0. The molecule has 0 bridgehead atoms. The van der Waals surface area contributed by atoms with Crippen molar-refractivity contribution in [2.75, 3.05) is 0 Å². The highest BCUT2D eigenvalue weighted by Gasteiger charge is 1.97. The monoisotopic (exact) mass is 127 g/mol. The van der Waals surface area contributed by atoms with E-state index >= 15 is 0 Å². The van der Waals surface area contributed by atoms with Crippen molar-refractivity contribution in [1.29, 1.82) is 0 Å². The van der Waals surface area contributed by atoms with E-state index in [-0.39, 0.29) is 0 Å². The van der Waals surface area contributed by atoms with Gasteiger partial charge in [-0.2, -0.15) is 0 Å². The van der Waals surface area contributed by atoms with Crippen LogP contribution in [0.25, 0.3) is 0 Å². The van der Waals surface area contributed by atoms with E-state index in [1.54, 1.807) is 6.07 Å². The molecular weight excluding hydrogens is 123 g/mol. The molecule has 1 rings (SSSR count). The zero-order valence-corrected chi connectivity index (χ0v) is 4.48. The Morgan fingerprint density at radius 2 is 2.56 bits per heavy atom. The van der Waals surface area contributed by atoms with E-state index in [1.807, 2.05) is 0 Å². The second-order valence-electron chi connectivity index (χ2n) is 1.35. The Bertz CT molecular complexity index is 150. The Hall–Kier alpha value is -0.775. The molecule has 1 aromatic rings. The molecule has 47 valence electrons. The van der Waals surface area contributed by atoms with Crippen molar-refractivity contribution < 1.29 is 19.5 Å². The van der Waals surface area contributed by atoms with Crippen LogP contribution < -0.4 is 5.46 Å². The molecule has 0 aromatic carbocycles. The van der Waals surface area contributed by atoms with Gasteiger partial charge in [-0.05, 0) is 11.5 Å². The van der Waals surface area contributed by atoms with Gasteiger partial charge in [0, 0.05) is 0 Å². The molecule has 1 aromatic heterocycles. The second kappa shape index (κ2) is 3.29. The van der Waals surface area contributed by atoms with E-state index in [4.69, 9.17) is 5.26 Å². The number of hydrogen-bond acceptors (Lipinski definition) is 4. The molecule has 0 saturated carbocycles. The smallest absolute Gasteiger partial charge is 0.389 e. The first-order valence-corrected chi connectivity index (χ1v) is 2.26. The minimum Gasteiger partial charge on any atom is -0.473 e.